The Bertz CT molecular complexity index is 418. The molecule has 1 aromatic rings. The number of benzene rings is 1. The van der Waals surface area contributed by atoms with Crippen molar-refractivity contribution in [2.24, 2.45) is 0 Å². The Morgan fingerprint density at radius 1 is 1.24 bits per heavy atom. The predicted octanol–water partition coefficient (Wildman–Crippen LogP) is 3.23. The van der Waals surface area contributed by atoms with Gasteiger partial charge in [-0.15, -0.1) is 0 Å². The van der Waals surface area contributed by atoms with Crippen LogP contribution in [0, 0.1) is 0 Å². The minimum atomic E-state index is 0.0986. The minimum Gasteiger partial charge on any atom is -0.378 e. The van der Waals surface area contributed by atoms with E-state index < -0.39 is 0 Å². The summed E-state index contributed by atoms with van der Waals surface area (Å²) in [5.74, 6) is 0. The zero-order valence-corrected chi connectivity index (χ0v) is 13.9. The van der Waals surface area contributed by atoms with Gasteiger partial charge in [0.25, 0.3) is 0 Å². The smallest absolute Gasteiger partial charge is 0.0645 e. The van der Waals surface area contributed by atoms with Gasteiger partial charge in [-0.05, 0) is 32.4 Å². The van der Waals surface area contributed by atoms with Gasteiger partial charge >= 0.3 is 0 Å². The Morgan fingerprint density at radius 2 is 1.95 bits per heavy atom. The molecule has 21 heavy (non-hydrogen) atoms. The van der Waals surface area contributed by atoms with Crippen LogP contribution in [0.5, 0.6) is 0 Å². The van der Waals surface area contributed by atoms with Crippen molar-refractivity contribution >= 4 is 0 Å². The molecule has 0 saturated carbocycles. The van der Waals surface area contributed by atoms with Crippen molar-refractivity contribution in [1.82, 2.24) is 10.2 Å². The van der Waals surface area contributed by atoms with Crippen LogP contribution < -0.4 is 5.32 Å². The van der Waals surface area contributed by atoms with Crippen LogP contribution in [0.4, 0.5) is 0 Å². The van der Waals surface area contributed by atoms with Crippen LogP contribution in [0.25, 0.3) is 0 Å². The summed E-state index contributed by atoms with van der Waals surface area (Å²) >= 11 is 0. The van der Waals surface area contributed by atoms with E-state index in [4.69, 9.17) is 4.74 Å². The quantitative estimate of drug-likeness (QED) is 0.870. The SMILES string of the molecule is CCNC(c1ccccc1)C(CC)N1CCOCC1(C)C. The van der Waals surface area contributed by atoms with Gasteiger partial charge in [-0.25, -0.2) is 0 Å². The molecular weight excluding hydrogens is 260 g/mol. The molecule has 2 rings (SSSR count). The van der Waals surface area contributed by atoms with Crippen molar-refractivity contribution in [1.29, 1.82) is 0 Å². The highest BCUT2D eigenvalue weighted by molar-refractivity contribution is 5.21. The summed E-state index contributed by atoms with van der Waals surface area (Å²) in [5.41, 5.74) is 1.48. The highest BCUT2D eigenvalue weighted by Gasteiger charge is 2.38. The lowest BCUT2D eigenvalue weighted by molar-refractivity contribution is -0.0795. The first-order valence-electron chi connectivity index (χ1n) is 8.23. The summed E-state index contributed by atoms with van der Waals surface area (Å²) in [6.45, 7) is 12.7. The maximum atomic E-state index is 5.69. The molecule has 0 spiro atoms. The van der Waals surface area contributed by atoms with E-state index in [0.717, 1.165) is 32.7 Å². The number of morpholine rings is 1. The molecule has 0 aliphatic carbocycles. The first kappa shape index (κ1) is 16.5. The van der Waals surface area contributed by atoms with Crippen molar-refractivity contribution in [2.75, 3.05) is 26.3 Å². The normalized spacial score (nSPS) is 21.9. The molecule has 0 amide bonds. The molecule has 1 aromatic carbocycles. The number of rotatable bonds is 6. The van der Waals surface area contributed by atoms with Gasteiger partial charge in [-0.2, -0.15) is 0 Å². The first-order chi connectivity index (χ1) is 10.1. The topological polar surface area (TPSA) is 24.5 Å². The summed E-state index contributed by atoms with van der Waals surface area (Å²) in [7, 11) is 0. The molecular formula is C18H30N2O. The number of hydrogen-bond donors (Lipinski definition) is 1. The Balaban J connectivity index is 2.27. The molecule has 1 heterocycles. The molecule has 2 unspecified atom stereocenters. The minimum absolute atomic E-state index is 0.0986. The van der Waals surface area contributed by atoms with Crippen LogP contribution >= 0.6 is 0 Å². The maximum absolute atomic E-state index is 5.69. The second-order valence-corrected chi connectivity index (χ2v) is 6.48. The number of nitrogens with zero attached hydrogens (tertiary/aromatic N) is 1. The van der Waals surface area contributed by atoms with Crippen molar-refractivity contribution in [3.05, 3.63) is 35.9 Å². The molecule has 3 heteroatoms. The molecule has 1 N–H and O–H groups in total. The summed E-state index contributed by atoms with van der Waals surface area (Å²) < 4.78 is 5.69. The Hall–Kier alpha value is -0.900. The molecule has 1 fully saturated rings. The van der Waals surface area contributed by atoms with E-state index in [2.05, 4.69) is 68.2 Å². The molecule has 0 radical (unpaired) electrons. The fraction of sp³-hybridized carbons (Fsp3) is 0.667. The van der Waals surface area contributed by atoms with E-state index in [9.17, 15) is 0 Å². The molecule has 1 aliphatic heterocycles. The van der Waals surface area contributed by atoms with Crippen molar-refractivity contribution in [3.8, 4) is 0 Å². The van der Waals surface area contributed by atoms with Gasteiger partial charge in [-0.3, -0.25) is 4.90 Å². The number of likely N-dealkylation sites (N-methyl/N-ethyl adjacent to an activating group) is 1. The molecule has 1 aliphatic rings. The average molecular weight is 290 g/mol. The highest BCUT2D eigenvalue weighted by atomic mass is 16.5. The van der Waals surface area contributed by atoms with E-state index in [1.165, 1.54) is 5.56 Å². The van der Waals surface area contributed by atoms with Gasteiger partial charge in [0.1, 0.15) is 0 Å². The third kappa shape index (κ3) is 3.85. The molecule has 1 saturated heterocycles. The van der Waals surface area contributed by atoms with E-state index in [-0.39, 0.29) is 5.54 Å². The van der Waals surface area contributed by atoms with Gasteiger partial charge in [0, 0.05) is 24.2 Å². The largest absolute Gasteiger partial charge is 0.378 e. The standard InChI is InChI=1S/C18H30N2O/c1-5-16(20-12-13-21-14-18(20,3)4)17(19-6-2)15-10-8-7-9-11-15/h7-11,16-17,19H,5-6,12-14H2,1-4H3. The van der Waals surface area contributed by atoms with E-state index in [0.29, 0.717) is 12.1 Å². The highest BCUT2D eigenvalue weighted by Crippen LogP contribution is 2.30. The Labute approximate surface area is 129 Å². The second kappa shape index (κ2) is 7.39. The van der Waals surface area contributed by atoms with E-state index >= 15 is 0 Å². The zero-order valence-electron chi connectivity index (χ0n) is 13.9. The number of hydrogen-bond acceptors (Lipinski definition) is 3. The van der Waals surface area contributed by atoms with E-state index in [1.54, 1.807) is 0 Å². The summed E-state index contributed by atoms with van der Waals surface area (Å²) in [6, 6.07) is 11.7. The van der Waals surface area contributed by atoms with Crippen molar-refractivity contribution < 1.29 is 4.74 Å². The Morgan fingerprint density at radius 3 is 2.52 bits per heavy atom. The Kier molecular flexibility index (Phi) is 5.80. The van der Waals surface area contributed by atoms with Crippen molar-refractivity contribution in [3.63, 3.8) is 0 Å². The van der Waals surface area contributed by atoms with Gasteiger partial charge in [0.15, 0.2) is 0 Å². The fourth-order valence-electron chi connectivity index (χ4n) is 3.48. The molecule has 3 nitrogen and oxygen atoms in total. The van der Waals surface area contributed by atoms with Gasteiger partial charge in [-0.1, -0.05) is 44.2 Å². The monoisotopic (exact) mass is 290 g/mol. The first-order valence-corrected chi connectivity index (χ1v) is 8.23. The van der Waals surface area contributed by atoms with Crippen LogP contribution in [0.2, 0.25) is 0 Å². The third-order valence-electron chi connectivity index (χ3n) is 4.50. The summed E-state index contributed by atoms with van der Waals surface area (Å²) in [5, 5.41) is 3.70. The predicted molar refractivity (Wildman–Crippen MR) is 88.5 cm³/mol. The molecule has 2 atom stereocenters. The number of ether oxygens (including phenoxy) is 1. The summed E-state index contributed by atoms with van der Waals surface area (Å²) in [4.78, 5) is 2.64. The van der Waals surface area contributed by atoms with E-state index in [1.807, 2.05) is 0 Å². The van der Waals surface area contributed by atoms with Crippen LogP contribution in [-0.2, 0) is 4.74 Å². The molecule has 0 aromatic heterocycles. The lowest BCUT2D eigenvalue weighted by Crippen LogP contribution is -2.59. The van der Waals surface area contributed by atoms with Crippen LogP contribution in [0.15, 0.2) is 30.3 Å². The lowest BCUT2D eigenvalue weighted by Gasteiger charge is -2.49. The van der Waals surface area contributed by atoms with Crippen LogP contribution in [0.1, 0.15) is 45.7 Å². The van der Waals surface area contributed by atoms with Crippen LogP contribution in [0.3, 0.4) is 0 Å². The number of nitrogens with one attached hydrogen (secondary N) is 1. The fourth-order valence-corrected chi connectivity index (χ4v) is 3.48. The van der Waals surface area contributed by atoms with Crippen LogP contribution in [-0.4, -0.2) is 42.8 Å². The van der Waals surface area contributed by atoms with Gasteiger partial charge < -0.3 is 10.1 Å². The lowest BCUT2D eigenvalue weighted by atomic mass is 9.90. The third-order valence-corrected chi connectivity index (χ3v) is 4.50. The maximum Gasteiger partial charge on any atom is 0.0645 e. The second-order valence-electron chi connectivity index (χ2n) is 6.48. The van der Waals surface area contributed by atoms with Gasteiger partial charge in [0.2, 0.25) is 0 Å². The summed E-state index contributed by atoms with van der Waals surface area (Å²) in [6.07, 6.45) is 1.13. The van der Waals surface area contributed by atoms with Crippen molar-refractivity contribution in [2.45, 2.75) is 51.7 Å². The van der Waals surface area contributed by atoms with Gasteiger partial charge in [0.05, 0.1) is 13.2 Å². The molecule has 0 bridgehead atoms. The zero-order chi connectivity index (χ0) is 15.3. The molecule has 118 valence electrons. The average Bonchev–Trinajstić information content (AvgIpc) is 2.49.